The Balaban J connectivity index is 1.27. The van der Waals surface area contributed by atoms with E-state index < -0.39 is 5.60 Å². The van der Waals surface area contributed by atoms with E-state index in [1.807, 2.05) is 37.3 Å². The number of para-hydroxylation sites is 1. The van der Waals surface area contributed by atoms with Gasteiger partial charge >= 0.3 is 0 Å². The van der Waals surface area contributed by atoms with Crippen LogP contribution in [0.1, 0.15) is 71.6 Å². The number of aliphatic hydroxyl groups is 1. The van der Waals surface area contributed by atoms with E-state index in [9.17, 15) is 9.90 Å². The number of Topliss-reactive ketones (excluding diaryl/α,β-unsaturated/α-hetero) is 1. The van der Waals surface area contributed by atoms with Crippen LogP contribution in [0.3, 0.4) is 0 Å². The van der Waals surface area contributed by atoms with Crippen LogP contribution in [0.25, 0.3) is 0 Å². The summed E-state index contributed by atoms with van der Waals surface area (Å²) >= 11 is 0. The number of anilines is 1. The number of carbonyl (C=O) groups is 1. The molecular formula is C27H39NO2. The molecule has 0 amide bonds. The Bertz CT molecular complexity index is 774. The van der Waals surface area contributed by atoms with Crippen LogP contribution in [-0.2, 0) is 4.79 Å². The molecule has 164 valence electrons. The van der Waals surface area contributed by atoms with Crippen LogP contribution in [0.5, 0.6) is 0 Å². The Kier molecular flexibility index (Phi) is 5.24. The molecule has 1 aromatic carbocycles. The maximum Gasteiger partial charge on any atom is 0.155 e. The Labute approximate surface area is 182 Å². The summed E-state index contributed by atoms with van der Waals surface area (Å²) in [6.45, 7) is 4.96. The fourth-order valence-electron chi connectivity index (χ4n) is 8.48. The molecule has 1 aromatic rings. The number of rotatable bonds is 4. The molecule has 4 aliphatic rings. The molecule has 8 atom stereocenters. The lowest BCUT2D eigenvalue weighted by atomic mass is 9.49. The molecular weight excluding hydrogens is 370 g/mol. The van der Waals surface area contributed by atoms with Gasteiger partial charge in [-0.1, -0.05) is 25.1 Å². The number of fused-ring (bicyclic) bond motifs is 5. The maximum absolute atomic E-state index is 13.2. The summed E-state index contributed by atoms with van der Waals surface area (Å²) in [5, 5.41) is 13.9. The third-order valence-corrected chi connectivity index (χ3v) is 9.87. The minimum atomic E-state index is -0.437. The van der Waals surface area contributed by atoms with Crippen molar-refractivity contribution in [2.75, 3.05) is 11.9 Å². The third kappa shape index (κ3) is 3.51. The maximum atomic E-state index is 13.2. The van der Waals surface area contributed by atoms with Crippen LogP contribution >= 0.6 is 0 Å². The molecule has 30 heavy (non-hydrogen) atoms. The molecule has 0 bridgehead atoms. The minimum Gasteiger partial charge on any atom is -0.390 e. The molecule has 0 radical (unpaired) electrons. The molecule has 4 saturated carbocycles. The summed E-state index contributed by atoms with van der Waals surface area (Å²) in [7, 11) is 0. The van der Waals surface area contributed by atoms with Crippen molar-refractivity contribution in [3.8, 4) is 0 Å². The van der Waals surface area contributed by atoms with Gasteiger partial charge in [0.2, 0.25) is 0 Å². The molecule has 0 heterocycles. The van der Waals surface area contributed by atoms with Gasteiger partial charge in [0.1, 0.15) is 0 Å². The van der Waals surface area contributed by atoms with Gasteiger partial charge in [-0.05, 0) is 112 Å². The average molecular weight is 410 g/mol. The monoisotopic (exact) mass is 409 g/mol. The van der Waals surface area contributed by atoms with Crippen LogP contribution in [0, 0.1) is 40.9 Å². The van der Waals surface area contributed by atoms with Gasteiger partial charge in [-0.2, -0.15) is 0 Å². The quantitative estimate of drug-likeness (QED) is 0.672. The van der Waals surface area contributed by atoms with Crippen LogP contribution in [0.15, 0.2) is 30.3 Å². The topological polar surface area (TPSA) is 49.3 Å². The van der Waals surface area contributed by atoms with Crippen molar-refractivity contribution in [2.24, 2.45) is 40.9 Å². The summed E-state index contributed by atoms with van der Waals surface area (Å²) < 4.78 is 0. The lowest BCUT2D eigenvalue weighted by Crippen LogP contribution is -2.51. The first kappa shape index (κ1) is 20.5. The second-order valence-electron chi connectivity index (χ2n) is 11.5. The third-order valence-electron chi connectivity index (χ3n) is 9.87. The summed E-state index contributed by atoms with van der Waals surface area (Å²) in [5.41, 5.74) is 0.804. The SMILES string of the molecule is C[C@@]1(O)CC[C@H]2[C@@H](CC[C@@H]3[C@@H]2CC[C@]2(C)[C@@H](C(=O)CNc4ccccc4)CC[C@@H]32)C1. The molecule has 4 fully saturated rings. The number of hydrogen-bond acceptors (Lipinski definition) is 3. The van der Waals surface area contributed by atoms with Crippen molar-refractivity contribution in [1.29, 1.82) is 0 Å². The van der Waals surface area contributed by atoms with E-state index in [0.29, 0.717) is 12.3 Å². The van der Waals surface area contributed by atoms with E-state index >= 15 is 0 Å². The number of ketones is 1. The molecule has 3 nitrogen and oxygen atoms in total. The van der Waals surface area contributed by atoms with E-state index in [1.54, 1.807) is 0 Å². The first-order chi connectivity index (χ1) is 14.4. The zero-order valence-corrected chi connectivity index (χ0v) is 18.8. The van der Waals surface area contributed by atoms with Crippen molar-refractivity contribution < 1.29 is 9.90 Å². The molecule has 0 aliphatic heterocycles. The van der Waals surface area contributed by atoms with Gasteiger partial charge in [-0.25, -0.2) is 0 Å². The highest BCUT2D eigenvalue weighted by Crippen LogP contribution is 2.64. The highest BCUT2D eigenvalue weighted by atomic mass is 16.3. The summed E-state index contributed by atoms with van der Waals surface area (Å²) in [5.74, 6) is 4.58. The smallest absolute Gasteiger partial charge is 0.155 e. The zero-order valence-electron chi connectivity index (χ0n) is 18.8. The van der Waals surface area contributed by atoms with E-state index in [0.717, 1.165) is 54.5 Å². The molecule has 0 spiro atoms. The lowest BCUT2D eigenvalue weighted by Gasteiger charge is -2.56. The van der Waals surface area contributed by atoms with E-state index in [1.165, 1.54) is 38.5 Å². The number of carbonyl (C=O) groups excluding carboxylic acids is 1. The molecule has 3 heteroatoms. The minimum absolute atomic E-state index is 0.198. The second-order valence-corrected chi connectivity index (χ2v) is 11.5. The number of hydrogen-bond donors (Lipinski definition) is 2. The predicted molar refractivity (Wildman–Crippen MR) is 121 cm³/mol. The number of nitrogens with one attached hydrogen (secondary N) is 1. The molecule has 2 N–H and O–H groups in total. The van der Waals surface area contributed by atoms with Crippen LogP contribution in [0.4, 0.5) is 5.69 Å². The fraction of sp³-hybridized carbons (Fsp3) is 0.741. The van der Waals surface area contributed by atoms with Gasteiger partial charge in [-0.15, -0.1) is 0 Å². The zero-order chi connectivity index (χ0) is 20.9. The van der Waals surface area contributed by atoms with E-state index in [4.69, 9.17) is 0 Å². The van der Waals surface area contributed by atoms with Gasteiger partial charge < -0.3 is 10.4 Å². The largest absolute Gasteiger partial charge is 0.390 e. The van der Waals surface area contributed by atoms with E-state index in [2.05, 4.69) is 12.2 Å². The van der Waals surface area contributed by atoms with Crippen LogP contribution < -0.4 is 5.32 Å². The summed E-state index contributed by atoms with van der Waals surface area (Å²) in [6.07, 6.45) is 10.7. The van der Waals surface area contributed by atoms with Gasteiger partial charge in [0.15, 0.2) is 5.78 Å². The fourth-order valence-corrected chi connectivity index (χ4v) is 8.48. The highest BCUT2D eigenvalue weighted by Gasteiger charge is 2.58. The highest BCUT2D eigenvalue weighted by molar-refractivity contribution is 5.86. The molecule has 0 unspecified atom stereocenters. The lowest BCUT2D eigenvalue weighted by molar-refractivity contribution is -0.130. The van der Waals surface area contributed by atoms with Gasteiger partial charge in [-0.3, -0.25) is 4.79 Å². The first-order valence-electron chi connectivity index (χ1n) is 12.4. The van der Waals surface area contributed by atoms with Crippen molar-refractivity contribution in [1.82, 2.24) is 0 Å². The second kappa shape index (κ2) is 7.65. The van der Waals surface area contributed by atoms with E-state index in [-0.39, 0.29) is 11.3 Å². The molecule has 0 saturated heterocycles. The molecule has 4 aliphatic carbocycles. The predicted octanol–water partition coefficient (Wildman–Crippen LogP) is 5.69. The molecule has 5 rings (SSSR count). The average Bonchev–Trinajstić information content (AvgIpc) is 3.09. The Morgan fingerprint density at radius 1 is 0.967 bits per heavy atom. The van der Waals surface area contributed by atoms with Gasteiger partial charge in [0.05, 0.1) is 12.1 Å². The summed E-state index contributed by atoms with van der Waals surface area (Å²) in [4.78, 5) is 13.2. The standard InChI is InChI=1S/C27H39NO2/c1-26(30)14-12-20-18(16-26)8-9-22-21(20)13-15-27(2)23(22)10-11-24(27)25(29)17-28-19-6-4-3-5-7-19/h3-7,18,20-24,28,30H,8-17H2,1-2H3/t18-,20-,21+,22+,23-,24+,26+,27-/m0/s1. The summed E-state index contributed by atoms with van der Waals surface area (Å²) in [6, 6.07) is 10.1. The van der Waals surface area contributed by atoms with Crippen LogP contribution in [-0.4, -0.2) is 23.0 Å². The van der Waals surface area contributed by atoms with Gasteiger partial charge in [0, 0.05) is 11.6 Å². The molecule has 0 aromatic heterocycles. The van der Waals surface area contributed by atoms with Crippen molar-refractivity contribution >= 4 is 11.5 Å². The van der Waals surface area contributed by atoms with Crippen molar-refractivity contribution in [3.63, 3.8) is 0 Å². The Morgan fingerprint density at radius 3 is 2.53 bits per heavy atom. The number of benzene rings is 1. The van der Waals surface area contributed by atoms with Gasteiger partial charge in [0.25, 0.3) is 0 Å². The Morgan fingerprint density at radius 2 is 1.73 bits per heavy atom. The first-order valence-corrected chi connectivity index (χ1v) is 12.4. The Hall–Kier alpha value is -1.35. The normalized spacial score (nSPS) is 45.2. The van der Waals surface area contributed by atoms with Crippen molar-refractivity contribution in [3.05, 3.63) is 30.3 Å². The van der Waals surface area contributed by atoms with Crippen molar-refractivity contribution in [2.45, 2.75) is 77.2 Å². The van der Waals surface area contributed by atoms with Crippen LogP contribution in [0.2, 0.25) is 0 Å².